The van der Waals surface area contributed by atoms with Gasteiger partial charge in [-0.1, -0.05) is 122 Å². The Hall–Kier alpha value is -5.23. The van der Waals surface area contributed by atoms with E-state index in [2.05, 4.69) is 71.3 Å². The summed E-state index contributed by atoms with van der Waals surface area (Å²) >= 11 is 0. The number of ketones is 2. The standard InChI is InChI=1S/C49H52N2O4/c1-32-22-24-50-47(30-32,39-26-37-18-10-12-20-41(37)43(28-39)35-14-6-4-7-15-35)49(34(3)52,45(53)46(54)55)48(31-33(2)23-25-51-48)40-27-38-19-11-13-21-42(38)44(29-40)36-16-8-5-9-17-36/h10-13,18-31,35-36,50-51H,4-9,14-17H2,1-3H3,(H,54,55). The van der Waals surface area contributed by atoms with E-state index < -0.39 is 34.0 Å². The van der Waals surface area contributed by atoms with Crippen molar-refractivity contribution in [2.75, 3.05) is 0 Å². The summed E-state index contributed by atoms with van der Waals surface area (Å²) in [4.78, 5) is 44.5. The van der Waals surface area contributed by atoms with Gasteiger partial charge in [0.2, 0.25) is 0 Å². The quantitative estimate of drug-likeness (QED) is 0.117. The fourth-order valence-corrected chi connectivity index (χ4v) is 10.9. The minimum absolute atomic E-state index is 0.298. The first kappa shape index (κ1) is 36.7. The van der Waals surface area contributed by atoms with Crippen molar-refractivity contribution in [2.45, 2.75) is 108 Å². The Morgan fingerprint density at radius 3 is 1.44 bits per heavy atom. The minimum atomic E-state index is -2.28. The molecule has 0 saturated heterocycles. The average Bonchev–Trinajstić information content (AvgIpc) is 3.20. The smallest absolute Gasteiger partial charge is 0.373 e. The molecule has 0 amide bonds. The Kier molecular flexibility index (Phi) is 9.65. The molecule has 55 heavy (non-hydrogen) atoms. The average molecular weight is 733 g/mol. The zero-order valence-corrected chi connectivity index (χ0v) is 32.3. The van der Waals surface area contributed by atoms with Crippen LogP contribution in [0.4, 0.5) is 0 Å². The summed E-state index contributed by atoms with van der Waals surface area (Å²) in [5, 5.41) is 22.6. The van der Waals surface area contributed by atoms with E-state index >= 15 is 9.59 Å². The molecule has 2 fully saturated rings. The van der Waals surface area contributed by atoms with E-state index in [4.69, 9.17) is 0 Å². The molecule has 4 aliphatic rings. The number of nitrogens with one attached hydrogen (secondary N) is 2. The van der Waals surface area contributed by atoms with Crippen molar-refractivity contribution in [2.24, 2.45) is 5.41 Å². The Balaban J connectivity index is 1.52. The second kappa shape index (κ2) is 14.4. The molecule has 3 N–H and O–H groups in total. The highest BCUT2D eigenvalue weighted by Crippen LogP contribution is 2.58. The fourth-order valence-electron chi connectivity index (χ4n) is 10.9. The topological polar surface area (TPSA) is 95.5 Å². The SMILES string of the molecule is CC(=O)C(C(=O)C(=O)O)(C1(c2cc(C3CCCCC3)c3ccccc3c2)C=C(C)C=CN1)C1(c2cc(C3CCCCC3)c3ccccc3c2)C=C(C)C=CN1. The maximum Gasteiger partial charge on any atom is 0.373 e. The van der Waals surface area contributed by atoms with Gasteiger partial charge in [-0.3, -0.25) is 9.59 Å². The number of Topliss-reactive ketones (excluding diaryl/α,β-unsaturated/α-hetero) is 2. The van der Waals surface area contributed by atoms with Gasteiger partial charge in [-0.15, -0.1) is 0 Å². The van der Waals surface area contributed by atoms with Crippen LogP contribution in [-0.4, -0.2) is 22.6 Å². The van der Waals surface area contributed by atoms with Gasteiger partial charge in [0.1, 0.15) is 16.9 Å². The molecule has 2 aliphatic heterocycles. The lowest BCUT2D eigenvalue weighted by molar-refractivity contribution is -0.164. The van der Waals surface area contributed by atoms with E-state index in [1.165, 1.54) is 30.9 Å². The molecule has 4 aromatic carbocycles. The van der Waals surface area contributed by atoms with Crippen LogP contribution in [0.1, 0.15) is 119 Å². The molecule has 2 saturated carbocycles. The third-order valence-corrected chi connectivity index (χ3v) is 13.2. The predicted molar refractivity (Wildman–Crippen MR) is 221 cm³/mol. The number of benzene rings is 4. The van der Waals surface area contributed by atoms with Crippen molar-refractivity contribution in [3.8, 4) is 0 Å². The van der Waals surface area contributed by atoms with Gasteiger partial charge in [-0.25, -0.2) is 4.79 Å². The van der Waals surface area contributed by atoms with Gasteiger partial charge in [-0.2, -0.15) is 0 Å². The number of dihydropyridines is 2. The van der Waals surface area contributed by atoms with Crippen LogP contribution in [0.5, 0.6) is 0 Å². The van der Waals surface area contributed by atoms with E-state index in [0.29, 0.717) is 23.0 Å². The Morgan fingerprint density at radius 2 is 1.05 bits per heavy atom. The zero-order valence-electron chi connectivity index (χ0n) is 32.3. The van der Waals surface area contributed by atoms with E-state index in [9.17, 15) is 9.90 Å². The molecule has 2 unspecified atom stereocenters. The summed E-state index contributed by atoms with van der Waals surface area (Å²) < 4.78 is 0. The van der Waals surface area contributed by atoms with Crippen LogP contribution in [0.2, 0.25) is 0 Å². The van der Waals surface area contributed by atoms with Gasteiger partial charge in [0.25, 0.3) is 5.78 Å². The van der Waals surface area contributed by atoms with Crippen LogP contribution in [0.25, 0.3) is 21.5 Å². The third kappa shape index (κ3) is 5.87. The predicted octanol–water partition coefficient (Wildman–Crippen LogP) is 10.5. The lowest BCUT2D eigenvalue weighted by atomic mass is 9.48. The summed E-state index contributed by atoms with van der Waals surface area (Å²) in [5.74, 6) is -2.77. The molecular weight excluding hydrogens is 681 g/mol. The van der Waals surface area contributed by atoms with Gasteiger partial charge in [0, 0.05) is 0 Å². The Bertz CT molecular complexity index is 2180. The highest BCUT2D eigenvalue weighted by Gasteiger charge is 2.72. The lowest BCUT2D eigenvalue weighted by Crippen LogP contribution is -2.74. The molecule has 6 nitrogen and oxygen atoms in total. The maximum atomic E-state index is 15.5. The third-order valence-electron chi connectivity index (χ3n) is 13.2. The number of carbonyl (C=O) groups is 3. The molecule has 6 heteroatoms. The molecule has 2 heterocycles. The number of hydrogen-bond donors (Lipinski definition) is 3. The number of carboxylic acid groups (broad SMARTS) is 1. The van der Waals surface area contributed by atoms with Crippen LogP contribution < -0.4 is 10.6 Å². The molecule has 0 spiro atoms. The van der Waals surface area contributed by atoms with E-state index in [1.54, 1.807) is 12.4 Å². The molecule has 4 aromatic rings. The summed E-state index contributed by atoms with van der Waals surface area (Å²) in [6, 6.07) is 25.2. The maximum absolute atomic E-state index is 15.5. The number of hydrogen-bond acceptors (Lipinski definition) is 5. The monoisotopic (exact) mass is 732 g/mol. The number of carbonyl (C=O) groups excluding carboxylic acids is 2. The second-order valence-corrected chi connectivity index (χ2v) is 16.5. The van der Waals surface area contributed by atoms with Crippen molar-refractivity contribution in [1.29, 1.82) is 0 Å². The largest absolute Gasteiger partial charge is 0.475 e. The fraction of sp³-hybridized carbons (Fsp3) is 0.367. The Labute approximate surface area is 324 Å². The van der Waals surface area contributed by atoms with E-state index in [1.807, 2.05) is 50.3 Å². The second-order valence-electron chi connectivity index (χ2n) is 16.5. The first-order valence-electron chi connectivity index (χ1n) is 20.2. The van der Waals surface area contributed by atoms with Crippen molar-refractivity contribution < 1.29 is 19.5 Å². The normalized spacial score (nSPS) is 24.3. The van der Waals surface area contributed by atoms with Crippen molar-refractivity contribution in [3.05, 3.63) is 143 Å². The molecule has 0 radical (unpaired) electrons. The van der Waals surface area contributed by atoms with E-state index in [-0.39, 0.29) is 0 Å². The summed E-state index contributed by atoms with van der Waals surface area (Å²) in [5.41, 5.74) is -0.168. The van der Waals surface area contributed by atoms with Crippen LogP contribution in [0, 0.1) is 5.41 Å². The molecule has 2 atom stereocenters. The van der Waals surface area contributed by atoms with Crippen LogP contribution in [-0.2, 0) is 25.5 Å². The number of carboxylic acids is 1. The van der Waals surface area contributed by atoms with Crippen molar-refractivity contribution >= 4 is 39.1 Å². The van der Waals surface area contributed by atoms with E-state index in [0.717, 1.165) is 84.1 Å². The minimum Gasteiger partial charge on any atom is -0.475 e. The summed E-state index contributed by atoms with van der Waals surface area (Å²) in [7, 11) is 0. The van der Waals surface area contributed by atoms with Crippen LogP contribution in [0.15, 0.2) is 121 Å². The first-order valence-corrected chi connectivity index (χ1v) is 20.2. The zero-order chi connectivity index (χ0) is 38.4. The number of allylic oxidation sites excluding steroid dienone is 4. The first-order chi connectivity index (χ1) is 26.6. The molecular formula is C49H52N2O4. The molecule has 0 aromatic heterocycles. The van der Waals surface area contributed by atoms with Gasteiger partial charge < -0.3 is 15.7 Å². The lowest BCUT2D eigenvalue weighted by Gasteiger charge is -2.57. The molecule has 8 rings (SSSR count). The van der Waals surface area contributed by atoms with Gasteiger partial charge >= 0.3 is 5.97 Å². The highest BCUT2D eigenvalue weighted by atomic mass is 16.4. The summed E-state index contributed by atoms with van der Waals surface area (Å²) in [6.07, 6.45) is 22.4. The molecule has 2 aliphatic carbocycles. The van der Waals surface area contributed by atoms with Gasteiger partial charge in [0.05, 0.1) is 0 Å². The van der Waals surface area contributed by atoms with Gasteiger partial charge in [0.15, 0.2) is 5.41 Å². The van der Waals surface area contributed by atoms with Crippen molar-refractivity contribution in [1.82, 2.24) is 10.6 Å². The highest BCUT2D eigenvalue weighted by molar-refractivity contribution is 6.41. The van der Waals surface area contributed by atoms with Crippen molar-refractivity contribution in [3.63, 3.8) is 0 Å². The number of rotatable bonds is 9. The number of aliphatic carboxylic acids is 1. The molecule has 0 bridgehead atoms. The van der Waals surface area contributed by atoms with Crippen LogP contribution >= 0.6 is 0 Å². The van der Waals surface area contributed by atoms with Crippen LogP contribution in [0.3, 0.4) is 0 Å². The number of fused-ring (bicyclic) bond motifs is 2. The van der Waals surface area contributed by atoms with Gasteiger partial charge in [-0.05, 0) is 139 Å². The molecule has 282 valence electrons. The Morgan fingerprint density at radius 1 is 0.636 bits per heavy atom. The summed E-state index contributed by atoms with van der Waals surface area (Å²) in [6.45, 7) is 5.30.